The second-order valence-corrected chi connectivity index (χ2v) is 30.3. The van der Waals surface area contributed by atoms with Gasteiger partial charge in [-0.25, -0.2) is 19.6 Å². The SMILES string of the molecule is C1CCOC1.CCN(CC)CC.COc1ccc(N)c(Nc2ccc(N)cc2)c1.COc1ccc([N+](=O)[O-])c(N)c1.COc1ccc([N+](=O)[O-])c(Nc2ccc([N+](=O)[O-])cc2)c1.COc1ccc2ncn(-c3ccc(N)cc3)c2c1.COc1ccc2ncn(-c3ccc(NC(=O)Nc4cc(C(C)(C)C)on4)cc3)c2c1.Cl.O=C(Nc1ccon1)Oc1ccccc1.O=CO.O=[N+]([O-])c1ccc(Br)cc1. The number of nitro benzene ring substituents is 4. The Morgan fingerprint density at radius 1 is 0.489 bits per heavy atom. The second-order valence-electron chi connectivity index (χ2n) is 29.4. The zero-order valence-corrected chi connectivity index (χ0v) is 80.0. The zero-order valence-electron chi connectivity index (χ0n) is 77.6. The molecule has 1 fully saturated rings. The number of rotatable bonds is 22. The van der Waals surface area contributed by atoms with Crippen molar-refractivity contribution >= 4 is 155 Å². The van der Waals surface area contributed by atoms with Gasteiger partial charge in [0.15, 0.2) is 11.6 Å². The molecule has 0 bridgehead atoms. The lowest BCUT2D eigenvalue weighted by atomic mass is 9.93. The summed E-state index contributed by atoms with van der Waals surface area (Å²) < 4.78 is 50.1. The lowest BCUT2D eigenvalue weighted by Gasteiger charge is -2.13. The number of carbonyl (C=O) groups is 3. The van der Waals surface area contributed by atoms with E-state index < -0.39 is 31.8 Å². The Labute approximate surface area is 813 Å². The average molecular weight is 1990 g/mol. The number of urea groups is 1. The molecule has 0 aliphatic carbocycles. The Morgan fingerprint density at radius 3 is 1.35 bits per heavy atom. The van der Waals surface area contributed by atoms with Crippen LogP contribution >= 0.6 is 28.3 Å². The van der Waals surface area contributed by atoms with Crippen LogP contribution in [0.2, 0.25) is 0 Å². The minimum absolute atomic E-state index is 0. The summed E-state index contributed by atoms with van der Waals surface area (Å²) in [7, 11) is 7.84. The third kappa shape index (κ3) is 37.0. The molecular formula is C96H108BrClN20O21. The van der Waals surface area contributed by atoms with Crippen LogP contribution in [0.3, 0.4) is 0 Å². The number of amides is 3. The van der Waals surface area contributed by atoms with Crippen LogP contribution in [0.25, 0.3) is 33.4 Å². The average Bonchev–Trinajstić information content (AvgIpc) is 1.67. The van der Waals surface area contributed by atoms with E-state index in [0.717, 1.165) is 91.1 Å². The van der Waals surface area contributed by atoms with Crippen molar-refractivity contribution in [2.24, 2.45) is 0 Å². The maximum atomic E-state index is 12.3. The van der Waals surface area contributed by atoms with E-state index in [0.29, 0.717) is 51.7 Å². The number of para-hydroxylation sites is 1. The number of hydrogen-bond acceptors (Lipinski definition) is 31. The Kier molecular flexibility index (Phi) is 45.7. The summed E-state index contributed by atoms with van der Waals surface area (Å²) in [5.74, 6) is 5.18. The van der Waals surface area contributed by atoms with Gasteiger partial charge in [0.2, 0.25) is 0 Å². The Bertz CT molecular complexity index is 6320. The van der Waals surface area contributed by atoms with Crippen molar-refractivity contribution in [1.29, 1.82) is 0 Å². The standard InChI is InChI=1S/C22H23N5O3.C14H13N3O.C13H11N3O5.C13H15N3O.C10H8N2O3.C7H8N2O3.C6H4BrNO2.C6H15N.C4H8O.CH2O2.ClH/c1-22(2,3)19-12-20(26-30-19)25-21(28)24-14-5-7-15(8-6-14)27-13-23-17-10-9-16(29-4)11-18(17)27;1-18-12-6-7-13-14(8-12)17(9-16-13)11-4-2-10(15)3-5-11;1-21-11-6-7-13(16(19)20)12(8-11)14-9-2-4-10(5-3-9)15(17)18;1-17-11-6-7-12(15)13(8-11)16-10-4-2-9(14)3-5-10;13-10(11-9-6-7-14-12-9)15-8-4-2-1-3-5-8;1-12-5-2-3-7(9(10)11)6(8)4-5;7-5-1-3-6(4-2-5)8(9)10;1-4-7(5-2)6-3;1-2-4-5-3-1;2-1-3;/h5-13H,1-4H3,(H2,24,25,26,28);2-9H,15H2,1H3;2-8,14H,1H3;2-8,16H,14-15H2,1H3;1-7H,(H,11,12,13);2-4H,8H2,1H3;1-4H;4-6H2,1-3H3;1-4H2;1H,(H,2,3);1H. The van der Waals surface area contributed by atoms with E-state index in [9.17, 15) is 50.0 Å². The van der Waals surface area contributed by atoms with Gasteiger partial charge < -0.3 is 91.1 Å². The highest BCUT2D eigenvalue weighted by atomic mass is 79.9. The molecule has 43 heteroatoms. The largest absolute Gasteiger partial charge is 0.497 e. The van der Waals surface area contributed by atoms with Crippen molar-refractivity contribution in [2.45, 2.75) is 59.8 Å². The topological polar surface area (TPSA) is 564 Å². The van der Waals surface area contributed by atoms with Crippen LogP contribution in [0, 0.1) is 40.5 Å². The van der Waals surface area contributed by atoms with Gasteiger partial charge in [-0.1, -0.05) is 86.0 Å². The number of methoxy groups -OCH3 is 5. The van der Waals surface area contributed by atoms with E-state index >= 15 is 0 Å². The number of halogens is 2. The molecule has 0 atom stereocenters. The molecule has 1 aliphatic rings. The molecule has 0 unspecified atom stereocenters. The molecule has 0 spiro atoms. The first kappa shape index (κ1) is 111. The highest BCUT2D eigenvalue weighted by Crippen LogP contribution is 2.35. The highest BCUT2D eigenvalue weighted by molar-refractivity contribution is 9.10. The summed E-state index contributed by atoms with van der Waals surface area (Å²) in [4.78, 5) is 83.0. The Morgan fingerprint density at radius 2 is 0.921 bits per heavy atom. The second kappa shape index (κ2) is 57.5. The number of carbonyl (C=O) groups excluding carboxylic acids is 2. The van der Waals surface area contributed by atoms with Crippen LogP contribution in [0.15, 0.2) is 287 Å². The van der Waals surface area contributed by atoms with E-state index in [2.05, 4.69) is 93.0 Å². The van der Waals surface area contributed by atoms with E-state index in [1.54, 1.807) is 82.5 Å². The van der Waals surface area contributed by atoms with E-state index in [-0.39, 0.29) is 58.4 Å². The maximum Gasteiger partial charge on any atom is 0.418 e. The molecule has 139 heavy (non-hydrogen) atoms. The number of nitro groups is 4. The van der Waals surface area contributed by atoms with E-state index in [1.807, 2.05) is 157 Å². The third-order valence-electron chi connectivity index (χ3n) is 19.0. The Balaban J connectivity index is 0.000000247. The van der Waals surface area contributed by atoms with Gasteiger partial charge in [0, 0.05) is 142 Å². The molecule has 0 radical (unpaired) electrons. The molecule has 5 heterocycles. The number of non-ortho nitro benzene ring substituents is 2. The zero-order chi connectivity index (χ0) is 101. The van der Waals surface area contributed by atoms with Gasteiger partial charge in [0.1, 0.15) is 70.5 Å². The summed E-state index contributed by atoms with van der Waals surface area (Å²) in [6, 6.07) is 71.5. The quantitative estimate of drug-likeness (QED) is 0.0130. The number of hydrogen-bond donors (Lipinski definition) is 10. The van der Waals surface area contributed by atoms with Crippen LogP contribution in [0.5, 0.6) is 34.5 Å². The molecule has 732 valence electrons. The molecule has 16 rings (SSSR count). The van der Waals surface area contributed by atoms with Crippen LogP contribution in [-0.4, -0.2) is 146 Å². The highest BCUT2D eigenvalue weighted by Gasteiger charge is 2.22. The van der Waals surface area contributed by atoms with Crippen molar-refractivity contribution in [1.82, 2.24) is 34.3 Å². The first-order valence-electron chi connectivity index (χ1n) is 42.0. The number of nitrogens with one attached hydrogen (secondary N) is 5. The van der Waals surface area contributed by atoms with Crippen molar-refractivity contribution in [3.63, 3.8) is 0 Å². The van der Waals surface area contributed by atoms with Gasteiger partial charge in [-0.3, -0.25) is 65.0 Å². The number of benzene rings is 11. The van der Waals surface area contributed by atoms with Crippen molar-refractivity contribution < 1.29 is 81.4 Å². The molecule has 14 N–H and O–H groups in total. The fraction of sp³-hybridized carbons (Fsp3) is 0.198. The minimum Gasteiger partial charge on any atom is -0.497 e. The fourth-order valence-corrected chi connectivity index (χ4v) is 12.0. The first-order chi connectivity index (χ1) is 66.2. The van der Waals surface area contributed by atoms with E-state index in [1.165, 1.54) is 132 Å². The van der Waals surface area contributed by atoms with Gasteiger partial charge in [0.25, 0.3) is 29.2 Å². The van der Waals surface area contributed by atoms with Gasteiger partial charge in [-0.15, -0.1) is 12.4 Å². The normalized spacial score (nSPS) is 10.6. The van der Waals surface area contributed by atoms with Crippen molar-refractivity contribution in [3.8, 4) is 45.9 Å². The number of imidazole rings is 2. The van der Waals surface area contributed by atoms with Gasteiger partial charge in [-0.05, 0) is 190 Å². The number of nitrogen functional groups attached to an aromatic ring is 4. The molecule has 1 aliphatic heterocycles. The molecule has 11 aromatic carbocycles. The maximum absolute atomic E-state index is 12.3. The number of ether oxygens (including phenoxy) is 7. The van der Waals surface area contributed by atoms with Crippen molar-refractivity contribution in [3.05, 3.63) is 324 Å². The van der Waals surface area contributed by atoms with Gasteiger partial charge in [0.05, 0.1) is 88.7 Å². The summed E-state index contributed by atoms with van der Waals surface area (Å²) in [6.45, 7) is 17.9. The lowest BCUT2D eigenvalue weighted by molar-refractivity contribution is -0.385. The summed E-state index contributed by atoms with van der Waals surface area (Å²) in [5.41, 5.74) is 33.3. The Hall–Kier alpha value is -17.1. The first-order valence-corrected chi connectivity index (χ1v) is 42.8. The van der Waals surface area contributed by atoms with Crippen LogP contribution in [-0.2, 0) is 14.9 Å². The molecular weight excluding hydrogens is 1880 g/mol. The lowest BCUT2D eigenvalue weighted by Crippen LogP contribution is -2.21. The fourth-order valence-electron chi connectivity index (χ4n) is 11.7. The molecule has 15 aromatic rings. The summed E-state index contributed by atoms with van der Waals surface area (Å²) in [5, 5.41) is 70.2. The summed E-state index contributed by atoms with van der Waals surface area (Å²) >= 11 is 3.17. The van der Waals surface area contributed by atoms with Crippen LogP contribution < -0.4 is 77.9 Å². The molecule has 41 nitrogen and oxygen atoms in total. The predicted octanol–water partition coefficient (Wildman–Crippen LogP) is 21.5. The smallest absolute Gasteiger partial charge is 0.418 e. The number of aromatic nitrogens is 6. The summed E-state index contributed by atoms with van der Waals surface area (Å²) in [6.07, 6.45) is 6.87. The van der Waals surface area contributed by atoms with Gasteiger partial charge in [-0.2, -0.15) is 0 Å². The molecule has 0 saturated carbocycles. The monoisotopic (exact) mass is 1990 g/mol. The number of carboxylic acid groups (broad SMARTS) is 1. The number of nitrogens with two attached hydrogens (primary N) is 4. The number of nitrogens with zero attached hydrogens (tertiary/aromatic N) is 11. The number of anilines is 11. The third-order valence-corrected chi connectivity index (χ3v) is 19.6. The molecule has 3 amide bonds. The van der Waals surface area contributed by atoms with Crippen LogP contribution in [0.1, 0.15) is 60.1 Å². The minimum atomic E-state index is -0.602. The van der Waals surface area contributed by atoms with Gasteiger partial charge >= 0.3 is 12.1 Å². The predicted molar refractivity (Wildman–Crippen MR) is 542 cm³/mol. The van der Waals surface area contributed by atoms with E-state index in [4.69, 9.17) is 70.5 Å². The van der Waals surface area contributed by atoms with Crippen LogP contribution in [0.4, 0.5) is 95.2 Å². The molecule has 1 saturated heterocycles. The van der Waals surface area contributed by atoms with Crippen molar-refractivity contribution in [2.75, 3.05) is 118 Å². The molecule has 4 aromatic heterocycles. The number of fused-ring (bicyclic) bond motifs is 2.